The van der Waals surface area contributed by atoms with Gasteiger partial charge in [-0.3, -0.25) is 4.72 Å². The van der Waals surface area contributed by atoms with E-state index in [4.69, 9.17) is 0 Å². The van der Waals surface area contributed by atoms with Crippen molar-refractivity contribution in [1.29, 1.82) is 0 Å². The molecule has 0 heterocycles. The van der Waals surface area contributed by atoms with Crippen molar-refractivity contribution in [3.8, 4) is 0 Å². The number of amides is 2. The van der Waals surface area contributed by atoms with Gasteiger partial charge in [-0.05, 0) is 42.3 Å². The van der Waals surface area contributed by atoms with E-state index in [9.17, 15) is 13.2 Å². The molecule has 0 radical (unpaired) electrons. The lowest BCUT2D eigenvalue weighted by atomic mass is 10.1. The van der Waals surface area contributed by atoms with E-state index in [1.54, 1.807) is 48.5 Å². The Bertz CT molecular complexity index is 1050. The molecule has 6 nitrogen and oxygen atoms in total. The van der Waals surface area contributed by atoms with Crippen molar-refractivity contribution in [2.24, 2.45) is 0 Å². The van der Waals surface area contributed by atoms with Gasteiger partial charge in [0.15, 0.2) is 0 Å². The van der Waals surface area contributed by atoms with Crippen molar-refractivity contribution in [1.82, 2.24) is 5.32 Å². The van der Waals surface area contributed by atoms with Crippen molar-refractivity contribution in [3.63, 3.8) is 0 Å². The lowest BCUT2D eigenvalue weighted by Crippen LogP contribution is -2.28. The van der Waals surface area contributed by atoms with Crippen LogP contribution in [-0.2, 0) is 22.3 Å². The molecule has 0 aliphatic heterocycles. The second-order valence-electron chi connectivity index (χ2n) is 6.72. The van der Waals surface area contributed by atoms with Crippen molar-refractivity contribution in [2.45, 2.75) is 19.2 Å². The monoisotopic (exact) mass is 409 g/mol. The normalized spacial score (nSPS) is 10.9. The van der Waals surface area contributed by atoms with Crippen LogP contribution in [0.15, 0.2) is 78.9 Å². The Morgan fingerprint density at radius 1 is 0.793 bits per heavy atom. The van der Waals surface area contributed by atoms with Gasteiger partial charge in [0.1, 0.15) is 0 Å². The second kappa shape index (κ2) is 9.25. The van der Waals surface area contributed by atoms with E-state index in [2.05, 4.69) is 15.4 Å². The van der Waals surface area contributed by atoms with Crippen LogP contribution in [0.1, 0.15) is 16.7 Å². The van der Waals surface area contributed by atoms with Crippen molar-refractivity contribution in [3.05, 3.63) is 95.6 Å². The number of sulfonamides is 1. The zero-order valence-electron chi connectivity index (χ0n) is 16.1. The minimum absolute atomic E-state index is 0.102. The van der Waals surface area contributed by atoms with E-state index < -0.39 is 10.0 Å². The molecule has 3 rings (SSSR count). The Balaban J connectivity index is 1.51. The standard InChI is InChI=1S/C22H23N3O3S/c1-17-7-9-18(10-8-17)15-23-22(26)24-20-11-13-21(14-12-20)25-29(27,28)16-19-5-3-2-4-6-19/h2-14,25H,15-16H2,1H3,(H2,23,24,26). The maximum Gasteiger partial charge on any atom is 0.319 e. The third kappa shape index (κ3) is 6.65. The molecular weight excluding hydrogens is 386 g/mol. The predicted octanol–water partition coefficient (Wildman–Crippen LogP) is 4.26. The number of carbonyl (C=O) groups is 1. The summed E-state index contributed by atoms with van der Waals surface area (Å²) in [5.41, 5.74) is 3.89. The molecule has 0 atom stereocenters. The Labute approximate surface area is 171 Å². The number of urea groups is 1. The fourth-order valence-electron chi connectivity index (χ4n) is 2.69. The minimum Gasteiger partial charge on any atom is -0.334 e. The first kappa shape index (κ1) is 20.4. The van der Waals surface area contributed by atoms with E-state index in [0.717, 1.165) is 11.1 Å². The van der Waals surface area contributed by atoms with E-state index in [0.29, 0.717) is 23.5 Å². The summed E-state index contributed by atoms with van der Waals surface area (Å²) in [7, 11) is -3.52. The van der Waals surface area contributed by atoms with Gasteiger partial charge in [0.2, 0.25) is 10.0 Å². The summed E-state index contributed by atoms with van der Waals surface area (Å²) in [6.45, 7) is 2.43. The number of anilines is 2. The summed E-state index contributed by atoms with van der Waals surface area (Å²) in [6.07, 6.45) is 0. The van der Waals surface area contributed by atoms with Gasteiger partial charge >= 0.3 is 6.03 Å². The van der Waals surface area contributed by atoms with Crippen LogP contribution in [0.25, 0.3) is 0 Å². The largest absolute Gasteiger partial charge is 0.334 e. The summed E-state index contributed by atoms with van der Waals surface area (Å²) in [5.74, 6) is -0.102. The van der Waals surface area contributed by atoms with Gasteiger partial charge in [-0.15, -0.1) is 0 Å². The van der Waals surface area contributed by atoms with Crippen LogP contribution in [0.2, 0.25) is 0 Å². The van der Waals surface area contributed by atoms with Gasteiger partial charge in [-0.25, -0.2) is 13.2 Å². The molecule has 0 aliphatic carbocycles. The van der Waals surface area contributed by atoms with Gasteiger partial charge in [-0.2, -0.15) is 0 Å². The number of nitrogens with one attached hydrogen (secondary N) is 3. The third-order valence-corrected chi connectivity index (χ3v) is 5.45. The van der Waals surface area contributed by atoms with Gasteiger partial charge < -0.3 is 10.6 Å². The van der Waals surface area contributed by atoms with Gasteiger partial charge in [0, 0.05) is 17.9 Å². The average molecular weight is 410 g/mol. The first-order valence-corrected chi connectivity index (χ1v) is 10.8. The molecule has 29 heavy (non-hydrogen) atoms. The van der Waals surface area contributed by atoms with Crippen LogP contribution in [0, 0.1) is 6.92 Å². The summed E-state index contributed by atoms with van der Waals surface area (Å²) < 4.78 is 27.1. The van der Waals surface area contributed by atoms with Gasteiger partial charge in [-0.1, -0.05) is 60.2 Å². The van der Waals surface area contributed by atoms with Crippen LogP contribution >= 0.6 is 0 Å². The Hall–Kier alpha value is -3.32. The fraction of sp³-hybridized carbons (Fsp3) is 0.136. The molecule has 0 spiro atoms. The SMILES string of the molecule is Cc1ccc(CNC(=O)Nc2ccc(NS(=O)(=O)Cc3ccccc3)cc2)cc1. The number of benzene rings is 3. The van der Waals surface area contributed by atoms with E-state index in [1.807, 2.05) is 37.3 Å². The molecule has 7 heteroatoms. The molecule has 0 bridgehead atoms. The molecule has 0 saturated heterocycles. The topological polar surface area (TPSA) is 87.3 Å². The summed E-state index contributed by atoms with van der Waals surface area (Å²) >= 11 is 0. The molecule has 0 aliphatic rings. The molecular formula is C22H23N3O3S. The average Bonchev–Trinajstić information content (AvgIpc) is 2.69. The van der Waals surface area contributed by atoms with Crippen molar-refractivity contribution in [2.75, 3.05) is 10.0 Å². The van der Waals surface area contributed by atoms with Crippen LogP contribution < -0.4 is 15.4 Å². The Kier molecular flexibility index (Phi) is 6.51. The van der Waals surface area contributed by atoms with Gasteiger partial charge in [0.25, 0.3) is 0 Å². The highest BCUT2D eigenvalue weighted by Crippen LogP contribution is 2.16. The lowest BCUT2D eigenvalue weighted by Gasteiger charge is -2.10. The van der Waals surface area contributed by atoms with E-state index >= 15 is 0 Å². The predicted molar refractivity (Wildman–Crippen MR) is 116 cm³/mol. The highest BCUT2D eigenvalue weighted by Gasteiger charge is 2.11. The van der Waals surface area contributed by atoms with Crippen LogP contribution in [0.4, 0.5) is 16.2 Å². The quantitative estimate of drug-likeness (QED) is 0.545. The number of rotatable bonds is 7. The first-order valence-electron chi connectivity index (χ1n) is 9.14. The molecule has 2 amide bonds. The van der Waals surface area contributed by atoms with Crippen molar-refractivity contribution < 1.29 is 13.2 Å². The minimum atomic E-state index is -3.52. The Morgan fingerprint density at radius 3 is 2.07 bits per heavy atom. The first-order chi connectivity index (χ1) is 13.9. The molecule has 0 unspecified atom stereocenters. The Morgan fingerprint density at radius 2 is 1.41 bits per heavy atom. The molecule has 0 fully saturated rings. The zero-order valence-corrected chi connectivity index (χ0v) is 16.9. The van der Waals surface area contributed by atoms with Crippen molar-refractivity contribution >= 4 is 27.4 Å². The molecule has 0 saturated carbocycles. The molecule has 3 aromatic carbocycles. The lowest BCUT2D eigenvalue weighted by molar-refractivity contribution is 0.251. The van der Waals surface area contributed by atoms with E-state index in [-0.39, 0.29) is 11.8 Å². The fourth-order valence-corrected chi connectivity index (χ4v) is 3.89. The second-order valence-corrected chi connectivity index (χ2v) is 8.44. The van der Waals surface area contributed by atoms with Crippen LogP contribution in [-0.4, -0.2) is 14.4 Å². The zero-order chi connectivity index (χ0) is 20.7. The van der Waals surface area contributed by atoms with Gasteiger partial charge in [0.05, 0.1) is 5.75 Å². The smallest absolute Gasteiger partial charge is 0.319 e. The molecule has 0 aromatic heterocycles. The van der Waals surface area contributed by atoms with Crippen LogP contribution in [0.5, 0.6) is 0 Å². The number of carbonyl (C=O) groups excluding carboxylic acids is 1. The summed E-state index contributed by atoms with van der Waals surface area (Å²) in [5, 5.41) is 5.51. The highest BCUT2D eigenvalue weighted by molar-refractivity contribution is 7.91. The molecule has 3 aromatic rings. The summed E-state index contributed by atoms with van der Waals surface area (Å²) in [4.78, 5) is 12.0. The maximum atomic E-state index is 12.3. The third-order valence-electron chi connectivity index (χ3n) is 4.19. The maximum absolute atomic E-state index is 12.3. The highest BCUT2D eigenvalue weighted by atomic mass is 32.2. The number of aryl methyl sites for hydroxylation is 1. The molecule has 3 N–H and O–H groups in total. The molecule has 150 valence electrons. The van der Waals surface area contributed by atoms with Crippen LogP contribution in [0.3, 0.4) is 0 Å². The van der Waals surface area contributed by atoms with E-state index in [1.165, 1.54) is 0 Å². The summed E-state index contributed by atoms with van der Waals surface area (Å²) in [6, 6.07) is 23.1. The number of hydrogen-bond acceptors (Lipinski definition) is 3. The number of hydrogen-bond donors (Lipinski definition) is 3.